The van der Waals surface area contributed by atoms with Crippen molar-refractivity contribution in [2.75, 3.05) is 20.7 Å². The zero-order chi connectivity index (χ0) is 42.8. The maximum atomic E-state index is 14.4. The van der Waals surface area contributed by atoms with Crippen LogP contribution in [0.5, 0.6) is 5.75 Å². The predicted molar refractivity (Wildman–Crippen MR) is 241 cm³/mol. The van der Waals surface area contributed by atoms with Gasteiger partial charge in [-0.3, -0.25) is 9.48 Å². The van der Waals surface area contributed by atoms with Gasteiger partial charge in [0.1, 0.15) is 33.3 Å². The number of hydrogen-bond acceptors (Lipinski definition) is 8. The fraction of sp³-hybridized carbons (Fsp3) is 0.0800. The number of sulfonamides is 1. The summed E-state index contributed by atoms with van der Waals surface area (Å²) in [5.41, 5.74) is 6.45. The molecule has 0 saturated carbocycles. The minimum Gasteiger partial charge on any atom is -0.496 e. The molecule has 6 aromatic carbocycles. The van der Waals surface area contributed by atoms with Crippen molar-refractivity contribution < 1.29 is 22.3 Å². The number of fused-ring (bicyclic) bond motifs is 1. The van der Waals surface area contributed by atoms with Gasteiger partial charge in [0.15, 0.2) is 5.78 Å². The third-order valence-corrected chi connectivity index (χ3v) is 14.3. The highest BCUT2D eigenvalue weighted by Gasteiger charge is 2.40. The number of ketones is 1. The zero-order valence-corrected chi connectivity index (χ0v) is 35.2. The molecule has 12 heteroatoms. The van der Waals surface area contributed by atoms with Crippen LogP contribution < -0.4 is 4.74 Å². The standard InChI is InChI=1S/C50H38FN5O4S2/c1-55(32-44(57)40-20-12-13-21-45(40)60-2)62(58,59)47-29-28-46(61-47)49-41-30-35(24-27-43(41)52-33-53-49)42-31-56(54-48(42)34-22-25-39(51)26-23-34)50(36-14-6-3-7-15-36,37-16-8-4-9-17-37)38-18-10-5-11-19-38/h3-31,33H,32H2,1-2H3. The molecule has 0 radical (unpaired) electrons. The van der Waals surface area contributed by atoms with Crippen molar-refractivity contribution >= 4 is 38.0 Å². The maximum Gasteiger partial charge on any atom is 0.252 e. The van der Waals surface area contributed by atoms with Crippen molar-refractivity contribution in [3.05, 3.63) is 210 Å². The number of thiophene rings is 1. The average Bonchev–Trinajstić information content (AvgIpc) is 4.00. The third-order valence-electron chi connectivity index (χ3n) is 10.9. The van der Waals surface area contributed by atoms with Gasteiger partial charge >= 0.3 is 0 Å². The molecule has 0 fully saturated rings. The summed E-state index contributed by atoms with van der Waals surface area (Å²) in [4.78, 5) is 23.1. The molecule has 0 N–H and O–H groups in total. The quantitative estimate of drug-likeness (QED) is 0.0839. The first-order chi connectivity index (χ1) is 30.2. The van der Waals surface area contributed by atoms with Crippen molar-refractivity contribution in [2.24, 2.45) is 0 Å². The van der Waals surface area contributed by atoms with Crippen LogP contribution in [0.15, 0.2) is 187 Å². The van der Waals surface area contributed by atoms with Gasteiger partial charge in [-0.15, -0.1) is 11.3 Å². The molecule has 0 spiro atoms. The summed E-state index contributed by atoms with van der Waals surface area (Å²) in [6, 6.07) is 52.9. The molecule has 9 rings (SSSR count). The summed E-state index contributed by atoms with van der Waals surface area (Å²) in [6.45, 7) is -0.375. The second-order valence-electron chi connectivity index (χ2n) is 14.6. The van der Waals surface area contributed by atoms with Gasteiger partial charge in [0.2, 0.25) is 0 Å². The summed E-state index contributed by atoms with van der Waals surface area (Å²) in [6.07, 6.45) is 3.49. The Balaban J connectivity index is 1.17. The van der Waals surface area contributed by atoms with Crippen LogP contribution >= 0.6 is 11.3 Å². The Morgan fingerprint density at radius 3 is 1.95 bits per heavy atom. The van der Waals surface area contributed by atoms with Gasteiger partial charge in [-0.2, -0.15) is 9.40 Å². The highest BCUT2D eigenvalue weighted by Crippen LogP contribution is 2.44. The van der Waals surface area contributed by atoms with Crippen LogP contribution in [0.2, 0.25) is 0 Å². The molecular formula is C50H38FN5O4S2. The monoisotopic (exact) mass is 855 g/mol. The van der Waals surface area contributed by atoms with Crippen molar-refractivity contribution in [1.29, 1.82) is 0 Å². The minimum absolute atomic E-state index is 0.0599. The Labute approximate surface area is 362 Å². The first-order valence-electron chi connectivity index (χ1n) is 19.7. The zero-order valence-electron chi connectivity index (χ0n) is 33.6. The molecule has 0 atom stereocenters. The molecule has 62 heavy (non-hydrogen) atoms. The summed E-state index contributed by atoms with van der Waals surface area (Å²) >= 11 is 1.06. The summed E-state index contributed by atoms with van der Waals surface area (Å²) < 4.78 is 50.6. The lowest BCUT2D eigenvalue weighted by molar-refractivity contribution is 0.0970. The molecule has 0 unspecified atom stereocenters. The van der Waals surface area contributed by atoms with Gasteiger partial charge in [0, 0.05) is 29.8 Å². The van der Waals surface area contributed by atoms with E-state index in [0.29, 0.717) is 44.0 Å². The normalized spacial score (nSPS) is 11.9. The average molecular weight is 856 g/mol. The number of methoxy groups -OCH3 is 1. The molecule has 306 valence electrons. The molecule has 3 heterocycles. The van der Waals surface area contributed by atoms with Crippen molar-refractivity contribution in [3.8, 4) is 38.7 Å². The number of ether oxygens (including phenoxy) is 1. The van der Waals surface area contributed by atoms with Crippen LogP contribution in [-0.2, 0) is 15.6 Å². The molecule has 0 bridgehead atoms. The number of rotatable bonds is 13. The number of likely N-dealkylation sites (N-methyl/N-ethyl adjacent to an activating group) is 1. The lowest BCUT2D eigenvalue weighted by atomic mass is 9.77. The number of aromatic nitrogens is 4. The molecule has 0 aliphatic rings. The van der Waals surface area contributed by atoms with Crippen molar-refractivity contribution in [2.45, 2.75) is 9.75 Å². The molecule has 3 aromatic heterocycles. The number of hydrogen-bond donors (Lipinski definition) is 0. The third kappa shape index (κ3) is 7.27. The lowest BCUT2D eigenvalue weighted by Gasteiger charge is -2.36. The number of nitrogens with zero attached hydrogens (tertiary/aromatic N) is 5. The predicted octanol–water partition coefficient (Wildman–Crippen LogP) is 10.4. The van der Waals surface area contributed by atoms with E-state index >= 15 is 0 Å². The molecular weight excluding hydrogens is 818 g/mol. The number of para-hydroxylation sites is 1. The van der Waals surface area contributed by atoms with Gasteiger partial charge in [0.05, 0.1) is 35.3 Å². The van der Waals surface area contributed by atoms with E-state index in [0.717, 1.165) is 43.5 Å². The van der Waals surface area contributed by atoms with E-state index in [1.54, 1.807) is 42.5 Å². The Morgan fingerprint density at radius 1 is 0.726 bits per heavy atom. The van der Waals surface area contributed by atoms with E-state index in [1.165, 1.54) is 38.7 Å². The van der Waals surface area contributed by atoms with Crippen LogP contribution in [0.1, 0.15) is 27.0 Å². The van der Waals surface area contributed by atoms with E-state index in [9.17, 15) is 17.6 Å². The molecule has 0 aliphatic carbocycles. The van der Waals surface area contributed by atoms with Crippen LogP contribution in [0.25, 0.3) is 43.9 Å². The van der Waals surface area contributed by atoms with Crippen molar-refractivity contribution in [1.82, 2.24) is 24.1 Å². The number of Topliss-reactive ketones (excluding diaryl/α,β-unsaturated/α-hetero) is 1. The van der Waals surface area contributed by atoms with Gasteiger partial charge in [0.25, 0.3) is 10.0 Å². The van der Waals surface area contributed by atoms with Crippen molar-refractivity contribution in [3.63, 3.8) is 0 Å². The Morgan fingerprint density at radius 2 is 1.32 bits per heavy atom. The largest absolute Gasteiger partial charge is 0.496 e. The van der Waals surface area contributed by atoms with Gasteiger partial charge in [-0.05, 0) is 82.9 Å². The van der Waals surface area contributed by atoms with E-state index in [2.05, 4.69) is 46.4 Å². The number of halogens is 1. The highest BCUT2D eigenvalue weighted by molar-refractivity contribution is 7.91. The first-order valence-corrected chi connectivity index (χ1v) is 21.9. The Hall–Kier alpha value is -7.12. The van der Waals surface area contributed by atoms with Crippen LogP contribution in [0.4, 0.5) is 4.39 Å². The molecule has 0 amide bonds. The Bertz CT molecular complexity index is 3060. The molecule has 0 saturated heterocycles. The van der Waals surface area contributed by atoms with E-state index in [1.807, 2.05) is 83.7 Å². The van der Waals surface area contributed by atoms with E-state index in [4.69, 9.17) is 9.84 Å². The number of carbonyl (C=O) groups excluding carboxylic acids is 1. The Kier molecular flexibility index (Phi) is 10.9. The van der Waals surface area contributed by atoms with Crippen LogP contribution in [-0.4, -0.2) is 59.0 Å². The first kappa shape index (κ1) is 40.3. The minimum atomic E-state index is -4.06. The summed E-state index contributed by atoms with van der Waals surface area (Å²) in [7, 11) is -1.22. The lowest BCUT2D eigenvalue weighted by Crippen LogP contribution is -2.38. The number of benzene rings is 6. The van der Waals surface area contributed by atoms with E-state index in [-0.39, 0.29) is 16.6 Å². The fourth-order valence-corrected chi connectivity index (χ4v) is 10.6. The maximum absolute atomic E-state index is 14.4. The second-order valence-corrected chi connectivity index (χ2v) is 18.0. The topological polar surface area (TPSA) is 107 Å². The smallest absolute Gasteiger partial charge is 0.252 e. The summed E-state index contributed by atoms with van der Waals surface area (Å²) in [5.74, 6) is -0.380. The molecule has 9 nitrogen and oxygen atoms in total. The van der Waals surface area contributed by atoms with E-state index < -0.39 is 21.3 Å². The van der Waals surface area contributed by atoms with Gasteiger partial charge < -0.3 is 4.74 Å². The second kappa shape index (κ2) is 16.7. The molecule has 9 aromatic rings. The fourth-order valence-electron chi connectivity index (χ4n) is 7.92. The van der Waals surface area contributed by atoms with Crippen LogP contribution in [0.3, 0.4) is 0 Å². The highest BCUT2D eigenvalue weighted by atomic mass is 32.2. The SMILES string of the molecule is COc1ccccc1C(=O)CN(C)S(=O)(=O)c1ccc(-c2ncnc3ccc(-c4cn(C(c5ccccc5)(c5ccccc5)c5ccccc5)nc4-c4ccc(F)cc4)cc23)s1. The molecule has 0 aliphatic heterocycles. The van der Waals surface area contributed by atoms with Gasteiger partial charge in [-0.25, -0.2) is 22.8 Å². The summed E-state index contributed by atoms with van der Waals surface area (Å²) in [5, 5.41) is 6.10. The number of carbonyl (C=O) groups is 1. The van der Waals surface area contributed by atoms with Crippen LogP contribution in [0, 0.1) is 5.82 Å². The van der Waals surface area contributed by atoms with Gasteiger partial charge in [-0.1, -0.05) is 109 Å².